The fraction of sp³-hybridized carbons (Fsp3) is 0.800. The predicted molar refractivity (Wildman–Crippen MR) is 120 cm³/mol. The number of rotatable bonds is 8. The van der Waals surface area contributed by atoms with Crippen LogP contribution in [0.1, 0.15) is 55.4 Å². The molecule has 0 unspecified atom stereocenters. The molecule has 0 aliphatic rings. The molecule has 0 bridgehead atoms. The summed E-state index contributed by atoms with van der Waals surface area (Å²) in [5, 5.41) is 18.9. The second-order valence-corrected chi connectivity index (χ2v) is 18.7. The van der Waals surface area contributed by atoms with Gasteiger partial charge in [0, 0.05) is 5.92 Å². The lowest BCUT2D eigenvalue weighted by atomic mass is 9.78. The molecule has 0 saturated heterocycles. The summed E-state index contributed by atoms with van der Waals surface area (Å²) in [6.45, 7) is 21.8. The van der Waals surface area contributed by atoms with E-state index in [0.717, 1.165) is 0 Å². The Kier molecular flexibility index (Phi) is 10.2. The SMILES string of the molecule is CC[Si](C#C[C@@H](O[Si](C)(C)C(C)(C)C)[C@H](C)/C=C(/C)B(O)O)(CC)CC. The Labute approximate surface area is 164 Å². The van der Waals surface area contributed by atoms with Crippen molar-refractivity contribution in [1.82, 2.24) is 0 Å². The lowest BCUT2D eigenvalue weighted by molar-refractivity contribution is 0.198. The number of allylic oxidation sites excluding steroid dienone is 1. The van der Waals surface area contributed by atoms with Crippen LogP contribution in [-0.2, 0) is 4.43 Å². The van der Waals surface area contributed by atoms with E-state index in [2.05, 4.69) is 73.0 Å². The zero-order valence-electron chi connectivity index (χ0n) is 18.7. The third kappa shape index (κ3) is 7.36. The normalized spacial score (nSPS) is 15.9. The molecule has 2 atom stereocenters. The van der Waals surface area contributed by atoms with Crippen molar-refractivity contribution in [3.8, 4) is 11.5 Å². The second kappa shape index (κ2) is 10.3. The van der Waals surface area contributed by atoms with Crippen molar-refractivity contribution >= 4 is 23.5 Å². The molecule has 0 rings (SSSR count). The third-order valence-corrected chi connectivity index (χ3v) is 15.3. The first-order chi connectivity index (χ1) is 11.7. The predicted octanol–water partition coefficient (Wildman–Crippen LogP) is 5.02. The van der Waals surface area contributed by atoms with Gasteiger partial charge >= 0.3 is 7.12 Å². The Hall–Kier alpha value is -0.321. The molecule has 26 heavy (non-hydrogen) atoms. The van der Waals surface area contributed by atoms with Crippen LogP contribution in [0.4, 0.5) is 0 Å². The summed E-state index contributed by atoms with van der Waals surface area (Å²) >= 11 is 0. The van der Waals surface area contributed by atoms with Gasteiger partial charge in [-0.2, -0.15) is 0 Å². The van der Waals surface area contributed by atoms with E-state index in [-0.39, 0.29) is 17.1 Å². The van der Waals surface area contributed by atoms with Crippen LogP contribution >= 0.6 is 0 Å². The van der Waals surface area contributed by atoms with Crippen LogP contribution in [-0.4, -0.2) is 39.7 Å². The Morgan fingerprint density at radius 1 is 1.12 bits per heavy atom. The first-order valence-corrected chi connectivity index (χ1v) is 15.5. The molecule has 0 aliphatic heterocycles. The van der Waals surface area contributed by atoms with Gasteiger partial charge in [-0.15, -0.1) is 5.54 Å². The number of hydrogen-bond acceptors (Lipinski definition) is 3. The highest BCUT2D eigenvalue weighted by Gasteiger charge is 2.40. The van der Waals surface area contributed by atoms with Crippen LogP contribution in [0.25, 0.3) is 0 Å². The van der Waals surface area contributed by atoms with Gasteiger partial charge in [-0.3, -0.25) is 0 Å². The van der Waals surface area contributed by atoms with Gasteiger partial charge in [0.15, 0.2) is 8.32 Å². The highest BCUT2D eigenvalue weighted by atomic mass is 28.4. The first kappa shape index (κ1) is 25.7. The summed E-state index contributed by atoms with van der Waals surface area (Å²) in [5.41, 5.74) is 4.22. The Balaban J connectivity index is 5.89. The van der Waals surface area contributed by atoms with Crippen LogP contribution in [0.15, 0.2) is 11.5 Å². The Morgan fingerprint density at radius 2 is 1.58 bits per heavy atom. The monoisotopic (exact) mass is 396 g/mol. The van der Waals surface area contributed by atoms with E-state index in [9.17, 15) is 10.0 Å². The Bertz CT molecular complexity index is 515. The third-order valence-electron chi connectivity index (χ3n) is 6.15. The zero-order valence-corrected chi connectivity index (χ0v) is 20.7. The van der Waals surface area contributed by atoms with Crippen LogP contribution in [0.3, 0.4) is 0 Å². The summed E-state index contributed by atoms with van der Waals surface area (Å²) in [7, 11) is -4.95. The molecule has 0 heterocycles. The van der Waals surface area contributed by atoms with Gasteiger partial charge in [-0.25, -0.2) is 0 Å². The lowest BCUT2D eigenvalue weighted by Crippen LogP contribution is -2.45. The van der Waals surface area contributed by atoms with Gasteiger partial charge in [-0.05, 0) is 48.7 Å². The van der Waals surface area contributed by atoms with Gasteiger partial charge in [0.1, 0.15) is 14.2 Å². The van der Waals surface area contributed by atoms with Crippen molar-refractivity contribution in [2.45, 2.75) is 97.8 Å². The van der Waals surface area contributed by atoms with Crippen molar-refractivity contribution < 1.29 is 14.5 Å². The minimum absolute atomic E-state index is 0.00990. The van der Waals surface area contributed by atoms with Crippen LogP contribution in [0.5, 0.6) is 0 Å². The molecule has 3 nitrogen and oxygen atoms in total. The van der Waals surface area contributed by atoms with Gasteiger partial charge in [-0.1, -0.05) is 60.5 Å². The van der Waals surface area contributed by atoms with E-state index in [1.165, 1.54) is 18.1 Å². The summed E-state index contributed by atoms with van der Waals surface area (Å²) in [6, 6.07) is 3.50. The van der Waals surface area contributed by atoms with Gasteiger partial charge < -0.3 is 14.5 Å². The molecule has 0 spiro atoms. The molecule has 0 aromatic heterocycles. The Morgan fingerprint density at radius 3 is 1.92 bits per heavy atom. The average Bonchev–Trinajstić information content (AvgIpc) is 2.53. The first-order valence-electron chi connectivity index (χ1n) is 10.00. The highest BCUT2D eigenvalue weighted by Crippen LogP contribution is 2.38. The molecule has 0 fully saturated rings. The van der Waals surface area contributed by atoms with Crippen LogP contribution in [0.2, 0.25) is 36.3 Å². The quantitative estimate of drug-likeness (QED) is 0.447. The van der Waals surface area contributed by atoms with E-state index in [1.807, 2.05) is 6.08 Å². The topological polar surface area (TPSA) is 49.7 Å². The summed E-state index contributed by atoms with van der Waals surface area (Å²) in [5.74, 6) is 3.51. The van der Waals surface area contributed by atoms with Gasteiger partial charge in [0.2, 0.25) is 0 Å². The van der Waals surface area contributed by atoms with E-state index < -0.39 is 23.5 Å². The molecular weight excluding hydrogens is 355 g/mol. The minimum Gasteiger partial charge on any atom is -0.423 e. The van der Waals surface area contributed by atoms with Crippen molar-refractivity contribution in [2.24, 2.45) is 5.92 Å². The fourth-order valence-corrected chi connectivity index (χ4v) is 6.33. The molecule has 0 aliphatic carbocycles. The molecule has 6 heteroatoms. The van der Waals surface area contributed by atoms with E-state index in [4.69, 9.17) is 4.43 Å². The highest BCUT2D eigenvalue weighted by molar-refractivity contribution is 6.87. The van der Waals surface area contributed by atoms with Crippen molar-refractivity contribution in [3.05, 3.63) is 11.5 Å². The van der Waals surface area contributed by atoms with E-state index >= 15 is 0 Å². The molecule has 2 N–H and O–H groups in total. The molecule has 0 amide bonds. The molecule has 0 radical (unpaired) electrons. The lowest BCUT2D eigenvalue weighted by Gasteiger charge is -2.39. The fourth-order valence-electron chi connectivity index (χ4n) is 2.59. The van der Waals surface area contributed by atoms with Crippen LogP contribution < -0.4 is 0 Å². The molecule has 0 aromatic carbocycles. The van der Waals surface area contributed by atoms with E-state index in [1.54, 1.807) is 6.92 Å². The summed E-state index contributed by atoms with van der Waals surface area (Å²) in [6.07, 6.45) is 1.69. The van der Waals surface area contributed by atoms with E-state index in [0.29, 0.717) is 5.47 Å². The van der Waals surface area contributed by atoms with Crippen molar-refractivity contribution in [2.75, 3.05) is 0 Å². The largest absolute Gasteiger partial charge is 0.483 e. The standard InChI is InChI=1S/C20H41BO3Si2/c1-11-26(12-2,13-3)15-14-19(17(4)16-18(5)21(22)23)24-25(9,10)20(6,7)8/h16-17,19,22-23H,11-13H2,1-10H3/b18-16-/t17-,19-/m1/s1. The van der Waals surface area contributed by atoms with Gasteiger partial charge in [0.25, 0.3) is 0 Å². The maximum absolute atomic E-state index is 9.41. The van der Waals surface area contributed by atoms with Crippen molar-refractivity contribution in [3.63, 3.8) is 0 Å². The van der Waals surface area contributed by atoms with Crippen molar-refractivity contribution in [1.29, 1.82) is 0 Å². The average molecular weight is 397 g/mol. The maximum atomic E-state index is 9.41. The smallest absolute Gasteiger partial charge is 0.423 e. The molecule has 0 aromatic rings. The maximum Gasteiger partial charge on any atom is 0.483 e. The summed E-state index contributed by atoms with van der Waals surface area (Å²) < 4.78 is 6.65. The van der Waals surface area contributed by atoms with Gasteiger partial charge in [0.05, 0.1) is 0 Å². The number of hydrogen-bond donors (Lipinski definition) is 2. The zero-order chi connectivity index (χ0) is 20.8. The second-order valence-electron chi connectivity index (χ2n) is 9.05. The summed E-state index contributed by atoms with van der Waals surface area (Å²) in [4.78, 5) is 0. The minimum atomic E-state index is -1.98. The van der Waals surface area contributed by atoms with Crippen LogP contribution in [0, 0.1) is 17.4 Å². The molecule has 0 saturated carbocycles. The molecular formula is C20H41BO3Si2. The molecule has 150 valence electrons.